The van der Waals surface area contributed by atoms with Gasteiger partial charge in [0, 0.05) is 104 Å². The van der Waals surface area contributed by atoms with Gasteiger partial charge in [-0.25, -0.2) is 0 Å². The molecule has 16 heteroatoms. The predicted molar refractivity (Wildman–Crippen MR) is 309 cm³/mol. The summed E-state index contributed by atoms with van der Waals surface area (Å²) in [5.41, 5.74) is 0. The van der Waals surface area contributed by atoms with Gasteiger partial charge in [0.1, 0.15) is 0 Å². The van der Waals surface area contributed by atoms with Crippen molar-refractivity contribution in [1.82, 2.24) is 42.1 Å². The monoisotopic (exact) mass is 1130 g/mol. The largest absolute Gasteiger partial charge is 0.381 e. The maximum atomic E-state index is 7.11. The van der Waals surface area contributed by atoms with Crippen molar-refractivity contribution in [2.45, 2.75) is 227 Å². The van der Waals surface area contributed by atoms with Gasteiger partial charge >= 0.3 is 0 Å². The van der Waals surface area contributed by atoms with Crippen LogP contribution in [0, 0.1) is 118 Å². The molecule has 15 rings (SSSR count). The lowest BCUT2D eigenvalue weighted by molar-refractivity contribution is -0.175. The summed E-state index contributed by atoms with van der Waals surface area (Å²) in [7, 11) is 18.7. The maximum Gasteiger partial charge on any atom is 0.0678 e. The van der Waals surface area contributed by atoms with Gasteiger partial charge in [-0.1, -0.05) is 77.0 Å². The van der Waals surface area contributed by atoms with Crippen molar-refractivity contribution in [2.24, 2.45) is 118 Å². The zero-order valence-electron chi connectivity index (χ0n) is 51.1. The molecule has 5 aliphatic heterocycles. The number of nitrogens with zero attached hydrogens (tertiary/aromatic N) is 1. The summed E-state index contributed by atoms with van der Waals surface area (Å²) in [5.74, 6) is 7.92. The molecule has 0 aromatic carbocycles. The van der Waals surface area contributed by atoms with E-state index < -0.39 is 0 Å². The van der Waals surface area contributed by atoms with Gasteiger partial charge in [-0.3, -0.25) is 42.1 Å². The van der Waals surface area contributed by atoms with Crippen LogP contribution in [0.25, 0.3) is 0 Å². The molecule has 81 heavy (non-hydrogen) atoms. The Hall–Kier alpha value is -0.640. The summed E-state index contributed by atoms with van der Waals surface area (Å²) in [4.78, 5) is 2.72. The highest BCUT2D eigenvalue weighted by molar-refractivity contribution is 5.20. The van der Waals surface area contributed by atoms with Crippen molar-refractivity contribution in [2.75, 3.05) is 63.9 Å². The first kappa shape index (κ1) is 56.8. The van der Waals surface area contributed by atoms with Crippen LogP contribution in [0.3, 0.4) is 0 Å². The van der Waals surface area contributed by atoms with Crippen molar-refractivity contribution in [3.8, 4) is 0 Å². The van der Waals surface area contributed by atoms with Crippen LogP contribution in [-0.2, 0) is 37.9 Å². The molecule has 0 aromatic rings. The lowest BCUT2D eigenvalue weighted by Gasteiger charge is -2.56. The molecule has 0 spiro atoms. The maximum absolute atomic E-state index is 7.11. The number of hydrogen-bond donors (Lipinski definition) is 7. The number of hydrogen-bond acceptors (Lipinski definition) is 16. The Morgan fingerprint density at radius 2 is 0.444 bits per heavy atom. The number of methoxy groups -OCH3 is 8. The van der Waals surface area contributed by atoms with E-state index in [4.69, 9.17) is 37.9 Å². The molecular weight excluding hydrogens is 1020 g/mol. The molecule has 8 bridgehead atoms. The van der Waals surface area contributed by atoms with Gasteiger partial charge in [0.2, 0.25) is 0 Å². The van der Waals surface area contributed by atoms with E-state index in [0.29, 0.717) is 47.3 Å². The van der Waals surface area contributed by atoms with Gasteiger partial charge in [0.15, 0.2) is 0 Å². The van der Waals surface area contributed by atoms with Crippen molar-refractivity contribution in [3.05, 3.63) is 0 Å². The molecule has 10 aliphatic carbocycles. The van der Waals surface area contributed by atoms with E-state index in [1.165, 1.54) is 128 Å². The molecule has 0 amide bonds. The normalized spacial score (nSPS) is 58.2. The molecule has 36 atom stereocenters. The summed E-state index contributed by atoms with van der Waals surface area (Å²) in [6, 6.07) is 0. The Morgan fingerprint density at radius 1 is 0.247 bits per heavy atom. The first-order chi connectivity index (χ1) is 39.7. The Balaban J connectivity index is 0.884. The lowest BCUT2D eigenvalue weighted by Crippen LogP contribution is -2.64. The van der Waals surface area contributed by atoms with Crippen molar-refractivity contribution in [1.29, 1.82) is 0 Å². The Morgan fingerprint density at radius 3 is 0.679 bits per heavy atom. The van der Waals surface area contributed by atoms with Gasteiger partial charge in [-0.2, -0.15) is 0 Å². The molecule has 15 aliphatic rings. The molecule has 0 radical (unpaired) electrons. The third kappa shape index (κ3) is 8.87. The van der Waals surface area contributed by atoms with Crippen LogP contribution in [0.2, 0.25) is 0 Å². The van der Waals surface area contributed by atoms with Crippen molar-refractivity contribution >= 4 is 0 Å². The van der Waals surface area contributed by atoms with Crippen LogP contribution < -0.4 is 37.2 Å². The highest BCUT2D eigenvalue weighted by atomic mass is 16.5. The van der Waals surface area contributed by atoms with Gasteiger partial charge in [0.25, 0.3) is 0 Å². The SMILES string of the molecule is COC1C2CCCCC2C(OC)C2C3NC(NC4NC(NC5C6C(OC)C7CCCCC7C(OC)C6C(NC6NC(N3)C3C(OC)C7CC8CCCCC8CC7C(OC)C63)N5C)C3C(OC)C5CC6CCCCC6CC5C(OC)C43)C12. The Kier molecular flexibility index (Phi) is 16.2. The zero-order chi connectivity index (χ0) is 55.1. The van der Waals surface area contributed by atoms with Gasteiger partial charge in [-0.05, 0) is 129 Å². The molecule has 36 unspecified atom stereocenters. The summed E-state index contributed by atoms with van der Waals surface area (Å²) in [6.07, 6.45) is 25.9. The standard InChI is InChI=1S/C65H110N8O8/c1-73-64-48-49(53(77-5)37-25-17-16-24-36(37)52(48)76-4)65(73)72-63-47-45(55(79-7)39-27-31-19-11-13-21-33(31)29-41(39)57(47)81-9)61(70-63)68-59-43-42(50(74-2)34-22-14-15-23-35(34)51(43)75-3)58(66-59)67-60-44-46(62(69-60)71-64)56(80-8)40-28-32-20-12-10-18-30(32)26-38(40)54(44)78-6/h30-72H,10-29H2,1-9H3. The first-order valence-corrected chi connectivity index (χ1v) is 34.0. The third-order valence-electron chi connectivity index (χ3n) is 28.1. The van der Waals surface area contributed by atoms with E-state index in [2.05, 4.69) is 49.2 Å². The predicted octanol–water partition coefficient (Wildman–Crippen LogP) is 6.10. The van der Waals surface area contributed by atoms with E-state index in [1.807, 2.05) is 56.9 Å². The average Bonchev–Trinajstić information content (AvgIpc) is 4.17. The number of fused-ring (bicyclic) bond motifs is 26. The lowest BCUT2D eigenvalue weighted by atomic mass is 9.54. The van der Waals surface area contributed by atoms with Gasteiger partial charge in [-0.15, -0.1) is 0 Å². The van der Waals surface area contributed by atoms with E-state index in [0.717, 1.165) is 23.7 Å². The molecule has 7 N–H and O–H groups in total. The summed E-state index contributed by atoms with van der Waals surface area (Å²) >= 11 is 0. The second kappa shape index (κ2) is 23.1. The molecule has 458 valence electrons. The molecule has 10 saturated carbocycles. The molecule has 16 nitrogen and oxygen atoms in total. The van der Waals surface area contributed by atoms with Crippen LogP contribution in [-0.4, -0.2) is 167 Å². The Labute approximate surface area is 487 Å². The fourth-order valence-electron chi connectivity index (χ4n) is 25.5. The quantitative estimate of drug-likeness (QED) is 0.149. The van der Waals surface area contributed by atoms with Gasteiger partial charge < -0.3 is 37.9 Å². The minimum atomic E-state index is -0.0636. The Bertz CT molecular complexity index is 2030. The van der Waals surface area contributed by atoms with Crippen LogP contribution in [0.5, 0.6) is 0 Å². The number of rotatable bonds is 8. The average molecular weight is 1130 g/mol. The molecular formula is C65H110N8O8. The van der Waals surface area contributed by atoms with Crippen LogP contribution in [0.4, 0.5) is 0 Å². The second-order valence-corrected chi connectivity index (χ2v) is 30.2. The van der Waals surface area contributed by atoms with E-state index in [1.54, 1.807) is 0 Å². The van der Waals surface area contributed by atoms with Crippen LogP contribution >= 0.6 is 0 Å². The minimum Gasteiger partial charge on any atom is -0.381 e. The molecule has 0 aromatic heterocycles. The molecule has 5 heterocycles. The first-order valence-electron chi connectivity index (χ1n) is 34.0. The zero-order valence-corrected chi connectivity index (χ0v) is 51.1. The number of nitrogens with one attached hydrogen (secondary N) is 7. The summed E-state index contributed by atoms with van der Waals surface area (Å²) < 4.78 is 56.5. The topological polar surface area (TPSA) is 161 Å². The molecule has 5 saturated heterocycles. The summed E-state index contributed by atoms with van der Waals surface area (Å²) in [6.45, 7) is 0. The molecule has 15 fully saturated rings. The van der Waals surface area contributed by atoms with Crippen LogP contribution in [0.1, 0.15) is 128 Å². The smallest absolute Gasteiger partial charge is 0.0678 e. The van der Waals surface area contributed by atoms with Crippen molar-refractivity contribution < 1.29 is 37.9 Å². The van der Waals surface area contributed by atoms with E-state index in [-0.39, 0.29) is 146 Å². The van der Waals surface area contributed by atoms with Crippen LogP contribution in [0.15, 0.2) is 0 Å². The minimum absolute atomic E-state index is 0.0123. The van der Waals surface area contributed by atoms with E-state index >= 15 is 0 Å². The summed E-state index contributed by atoms with van der Waals surface area (Å²) in [5, 5.41) is 31.8. The fraction of sp³-hybridized carbons (Fsp3) is 1.00. The number of ether oxygens (including phenoxy) is 8. The fourth-order valence-corrected chi connectivity index (χ4v) is 25.5. The third-order valence-corrected chi connectivity index (χ3v) is 28.1. The van der Waals surface area contributed by atoms with Gasteiger partial charge in [0.05, 0.1) is 98.2 Å². The highest BCUT2D eigenvalue weighted by Crippen LogP contribution is 2.61. The second-order valence-electron chi connectivity index (χ2n) is 30.2. The highest BCUT2D eigenvalue weighted by Gasteiger charge is 2.69. The van der Waals surface area contributed by atoms with E-state index in [9.17, 15) is 0 Å². The van der Waals surface area contributed by atoms with Crippen molar-refractivity contribution in [3.63, 3.8) is 0 Å².